The molecule has 0 fully saturated rings. The maximum absolute atomic E-state index is 12.4. The minimum atomic E-state index is -0.119. The van der Waals surface area contributed by atoms with E-state index in [-0.39, 0.29) is 5.78 Å². The van der Waals surface area contributed by atoms with E-state index >= 15 is 0 Å². The van der Waals surface area contributed by atoms with Gasteiger partial charge in [-0.15, -0.1) is 0 Å². The van der Waals surface area contributed by atoms with Crippen LogP contribution in [0.4, 0.5) is 5.69 Å². The highest BCUT2D eigenvalue weighted by Crippen LogP contribution is 2.27. The second-order valence-electron chi connectivity index (χ2n) is 4.51. The third-order valence-corrected chi connectivity index (χ3v) is 3.68. The highest BCUT2D eigenvalue weighted by molar-refractivity contribution is 6.37. The van der Waals surface area contributed by atoms with Crippen LogP contribution in [-0.2, 0) is 18.0 Å². The standard InChI is InChI=1S/C15H12ClNO2/c16-14-12(2-1-3-13(14)17)15(18)9-4-5-10-7-19-8-11(10)6-9/h1-6H,7-8,17H2. The van der Waals surface area contributed by atoms with Crippen molar-refractivity contribution in [3.05, 3.63) is 63.7 Å². The average molecular weight is 274 g/mol. The second-order valence-corrected chi connectivity index (χ2v) is 4.89. The molecule has 0 saturated heterocycles. The third kappa shape index (κ3) is 2.11. The van der Waals surface area contributed by atoms with E-state index in [2.05, 4.69) is 0 Å². The fourth-order valence-electron chi connectivity index (χ4n) is 2.19. The Morgan fingerprint density at radius 1 is 1.16 bits per heavy atom. The van der Waals surface area contributed by atoms with Crippen molar-refractivity contribution < 1.29 is 9.53 Å². The van der Waals surface area contributed by atoms with E-state index in [0.29, 0.717) is 35.1 Å². The van der Waals surface area contributed by atoms with Crippen LogP contribution in [0, 0.1) is 0 Å². The molecule has 0 bridgehead atoms. The lowest BCUT2D eigenvalue weighted by molar-refractivity contribution is 0.103. The number of nitrogens with two attached hydrogens (primary N) is 1. The molecule has 1 aliphatic rings. The van der Waals surface area contributed by atoms with Crippen LogP contribution in [0.1, 0.15) is 27.0 Å². The lowest BCUT2D eigenvalue weighted by Gasteiger charge is -2.07. The average Bonchev–Trinajstić information content (AvgIpc) is 2.88. The number of nitrogen functional groups attached to an aromatic ring is 1. The molecule has 2 N–H and O–H groups in total. The summed E-state index contributed by atoms with van der Waals surface area (Å²) in [6.07, 6.45) is 0. The topological polar surface area (TPSA) is 52.3 Å². The van der Waals surface area contributed by atoms with E-state index in [4.69, 9.17) is 22.1 Å². The van der Waals surface area contributed by atoms with Gasteiger partial charge in [-0.05, 0) is 29.3 Å². The first-order valence-electron chi connectivity index (χ1n) is 5.95. The summed E-state index contributed by atoms with van der Waals surface area (Å²) < 4.78 is 5.34. The van der Waals surface area contributed by atoms with Crippen molar-refractivity contribution >= 4 is 23.1 Å². The zero-order valence-electron chi connectivity index (χ0n) is 10.2. The van der Waals surface area contributed by atoms with Crippen molar-refractivity contribution in [1.29, 1.82) is 0 Å². The van der Waals surface area contributed by atoms with Crippen LogP contribution < -0.4 is 5.73 Å². The van der Waals surface area contributed by atoms with Crippen LogP contribution in [0.3, 0.4) is 0 Å². The highest BCUT2D eigenvalue weighted by Gasteiger charge is 2.17. The number of carbonyl (C=O) groups excluding carboxylic acids is 1. The molecule has 0 aromatic heterocycles. The number of ketones is 1. The number of fused-ring (bicyclic) bond motifs is 1. The Labute approximate surface area is 115 Å². The summed E-state index contributed by atoms with van der Waals surface area (Å²) >= 11 is 6.08. The number of rotatable bonds is 2. The van der Waals surface area contributed by atoms with Crippen LogP contribution in [0.5, 0.6) is 0 Å². The zero-order valence-corrected chi connectivity index (χ0v) is 10.9. The number of carbonyl (C=O) groups is 1. The normalized spacial score (nSPS) is 13.3. The largest absolute Gasteiger partial charge is 0.398 e. The summed E-state index contributed by atoms with van der Waals surface area (Å²) in [4.78, 5) is 12.4. The molecule has 0 amide bonds. The Morgan fingerprint density at radius 3 is 2.79 bits per heavy atom. The van der Waals surface area contributed by atoms with Gasteiger partial charge < -0.3 is 10.5 Å². The minimum Gasteiger partial charge on any atom is -0.398 e. The molecule has 0 atom stereocenters. The van der Waals surface area contributed by atoms with Crippen LogP contribution in [0.25, 0.3) is 0 Å². The Bertz CT molecular complexity index is 667. The van der Waals surface area contributed by atoms with Gasteiger partial charge in [0.25, 0.3) is 0 Å². The van der Waals surface area contributed by atoms with E-state index in [0.717, 1.165) is 11.1 Å². The van der Waals surface area contributed by atoms with Crippen molar-refractivity contribution in [3.63, 3.8) is 0 Å². The van der Waals surface area contributed by atoms with Gasteiger partial charge in [-0.25, -0.2) is 0 Å². The van der Waals surface area contributed by atoms with E-state index in [1.165, 1.54) is 0 Å². The van der Waals surface area contributed by atoms with Crippen molar-refractivity contribution in [3.8, 4) is 0 Å². The quantitative estimate of drug-likeness (QED) is 0.675. The fraction of sp³-hybridized carbons (Fsp3) is 0.133. The molecule has 1 aliphatic heterocycles. The lowest BCUT2D eigenvalue weighted by Crippen LogP contribution is -2.04. The Kier molecular flexibility index (Phi) is 3.01. The number of benzene rings is 2. The van der Waals surface area contributed by atoms with E-state index < -0.39 is 0 Å². The van der Waals surface area contributed by atoms with Gasteiger partial charge in [0, 0.05) is 11.1 Å². The van der Waals surface area contributed by atoms with Gasteiger partial charge in [0.2, 0.25) is 0 Å². The van der Waals surface area contributed by atoms with Crippen molar-refractivity contribution in [2.45, 2.75) is 13.2 Å². The molecule has 19 heavy (non-hydrogen) atoms. The van der Waals surface area contributed by atoms with Gasteiger partial charge >= 0.3 is 0 Å². The molecule has 2 aromatic carbocycles. The molecular formula is C15H12ClNO2. The number of halogens is 1. The number of hydrogen-bond donors (Lipinski definition) is 1. The molecule has 0 saturated carbocycles. The zero-order chi connectivity index (χ0) is 13.4. The van der Waals surface area contributed by atoms with Gasteiger partial charge in [-0.2, -0.15) is 0 Å². The van der Waals surface area contributed by atoms with Gasteiger partial charge in [-0.1, -0.05) is 29.8 Å². The van der Waals surface area contributed by atoms with E-state index in [9.17, 15) is 4.79 Å². The second kappa shape index (κ2) is 4.68. The molecule has 0 radical (unpaired) electrons. The van der Waals surface area contributed by atoms with Crippen molar-refractivity contribution in [2.24, 2.45) is 0 Å². The maximum Gasteiger partial charge on any atom is 0.194 e. The van der Waals surface area contributed by atoms with Crippen molar-refractivity contribution in [2.75, 3.05) is 5.73 Å². The first kappa shape index (κ1) is 12.2. The summed E-state index contributed by atoms with van der Waals surface area (Å²) in [5.74, 6) is -0.119. The van der Waals surface area contributed by atoms with Crippen LogP contribution in [0.2, 0.25) is 5.02 Å². The van der Waals surface area contributed by atoms with Gasteiger partial charge in [0.1, 0.15) is 0 Å². The Hall–Kier alpha value is -1.84. The first-order valence-corrected chi connectivity index (χ1v) is 6.33. The summed E-state index contributed by atoms with van der Waals surface area (Å²) in [6, 6.07) is 10.7. The van der Waals surface area contributed by atoms with Gasteiger partial charge in [0.15, 0.2) is 5.78 Å². The number of hydrogen-bond acceptors (Lipinski definition) is 3. The molecule has 0 unspecified atom stereocenters. The maximum atomic E-state index is 12.4. The molecule has 0 aliphatic carbocycles. The summed E-state index contributed by atoms with van der Waals surface area (Å²) in [5.41, 5.74) is 9.37. The van der Waals surface area contributed by atoms with Crippen molar-refractivity contribution in [1.82, 2.24) is 0 Å². The third-order valence-electron chi connectivity index (χ3n) is 3.26. The lowest BCUT2D eigenvalue weighted by atomic mass is 9.99. The first-order chi connectivity index (χ1) is 9.16. The minimum absolute atomic E-state index is 0.119. The molecule has 1 heterocycles. The molecule has 2 aromatic rings. The smallest absolute Gasteiger partial charge is 0.194 e. The molecule has 3 nitrogen and oxygen atoms in total. The highest BCUT2D eigenvalue weighted by atomic mass is 35.5. The molecule has 4 heteroatoms. The number of ether oxygens (including phenoxy) is 1. The van der Waals surface area contributed by atoms with Crippen LogP contribution in [0.15, 0.2) is 36.4 Å². The monoisotopic (exact) mass is 273 g/mol. The van der Waals surface area contributed by atoms with E-state index in [1.807, 2.05) is 12.1 Å². The Balaban J connectivity index is 2.02. The summed E-state index contributed by atoms with van der Waals surface area (Å²) in [5, 5.41) is 0.309. The molecular weight excluding hydrogens is 262 g/mol. The predicted octanol–water partition coefficient (Wildman–Crippen LogP) is 3.18. The van der Waals surface area contributed by atoms with Crippen LogP contribution >= 0.6 is 11.6 Å². The molecule has 96 valence electrons. The SMILES string of the molecule is Nc1cccc(C(=O)c2ccc3c(c2)COC3)c1Cl. The number of anilines is 1. The molecule has 3 rings (SSSR count). The summed E-state index contributed by atoms with van der Waals surface area (Å²) in [7, 11) is 0. The van der Waals surface area contributed by atoms with Gasteiger partial charge in [0.05, 0.1) is 23.9 Å². The summed E-state index contributed by atoms with van der Waals surface area (Å²) in [6.45, 7) is 1.17. The van der Waals surface area contributed by atoms with Gasteiger partial charge in [-0.3, -0.25) is 4.79 Å². The van der Waals surface area contributed by atoms with Crippen LogP contribution in [-0.4, -0.2) is 5.78 Å². The fourth-order valence-corrected chi connectivity index (χ4v) is 2.41. The Morgan fingerprint density at radius 2 is 1.95 bits per heavy atom. The van der Waals surface area contributed by atoms with E-state index in [1.54, 1.807) is 24.3 Å². The molecule has 0 spiro atoms. The predicted molar refractivity (Wildman–Crippen MR) is 74.2 cm³/mol.